The second-order valence-corrected chi connectivity index (χ2v) is 5.58. The number of nitrogens with zero attached hydrogens (tertiary/aromatic N) is 1. The highest BCUT2D eigenvalue weighted by molar-refractivity contribution is 5.78. The van der Waals surface area contributed by atoms with E-state index in [4.69, 9.17) is 14.2 Å². The van der Waals surface area contributed by atoms with Crippen LogP contribution in [0.5, 0.6) is 17.2 Å². The number of carbonyl (C=O) groups is 1. The lowest BCUT2D eigenvalue weighted by Gasteiger charge is -2.31. The standard InChI is InChI=1S/C17H25NO4/c1-18(13-8-5-4-6-9-13)16(19)12-22-17-14(20-2)10-7-11-15(17)21-3/h7,10-11,13H,4-6,8-9,12H2,1-3H3. The number of carbonyl (C=O) groups excluding carboxylic acids is 1. The van der Waals surface area contributed by atoms with Crippen molar-refractivity contribution >= 4 is 5.91 Å². The van der Waals surface area contributed by atoms with Crippen LogP contribution in [0.3, 0.4) is 0 Å². The van der Waals surface area contributed by atoms with Crippen molar-refractivity contribution in [2.45, 2.75) is 38.1 Å². The van der Waals surface area contributed by atoms with Gasteiger partial charge in [0.1, 0.15) is 0 Å². The minimum absolute atomic E-state index is 0.0102. The summed E-state index contributed by atoms with van der Waals surface area (Å²) in [6, 6.07) is 5.73. The fourth-order valence-electron chi connectivity index (χ4n) is 2.87. The average Bonchev–Trinajstić information content (AvgIpc) is 2.59. The fraction of sp³-hybridized carbons (Fsp3) is 0.588. The Balaban J connectivity index is 1.98. The summed E-state index contributed by atoms with van der Waals surface area (Å²) in [4.78, 5) is 14.2. The van der Waals surface area contributed by atoms with Gasteiger partial charge in [-0.05, 0) is 25.0 Å². The largest absolute Gasteiger partial charge is 0.493 e. The highest BCUT2D eigenvalue weighted by Gasteiger charge is 2.23. The van der Waals surface area contributed by atoms with Crippen molar-refractivity contribution < 1.29 is 19.0 Å². The number of methoxy groups -OCH3 is 2. The van der Waals surface area contributed by atoms with Crippen LogP contribution in [0.2, 0.25) is 0 Å². The zero-order valence-electron chi connectivity index (χ0n) is 13.6. The molecule has 1 aromatic rings. The van der Waals surface area contributed by atoms with E-state index in [1.807, 2.05) is 18.0 Å². The van der Waals surface area contributed by atoms with E-state index in [9.17, 15) is 4.79 Å². The van der Waals surface area contributed by atoms with Crippen molar-refractivity contribution in [2.24, 2.45) is 0 Å². The molecule has 0 spiro atoms. The van der Waals surface area contributed by atoms with Crippen molar-refractivity contribution in [1.29, 1.82) is 0 Å². The molecule has 0 saturated heterocycles. The molecule has 1 aliphatic rings. The Kier molecular flexibility index (Phi) is 5.92. The predicted octanol–water partition coefficient (Wildman–Crippen LogP) is 2.87. The van der Waals surface area contributed by atoms with Gasteiger partial charge in [-0.1, -0.05) is 25.3 Å². The minimum Gasteiger partial charge on any atom is -0.493 e. The van der Waals surface area contributed by atoms with Crippen molar-refractivity contribution in [1.82, 2.24) is 4.90 Å². The van der Waals surface area contributed by atoms with Gasteiger partial charge in [0.25, 0.3) is 5.91 Å². The predicted molar refractivity (Wildman–Crippen MR) is 84.7 cm³/mol. The molecule has 5 heteroatoms. The smallest absolute Gasteiger partial charge is 0.260 e. The third-order valence-electron chi connectivity index (χ3n) is 4.24. The van der Waals surface area contributed by atoms with E-state index in [2.05, 4.69) is 0 Å². The number of ether oxygens (including phenoxy) is 3. The second kappa shape index (κ2) is 7.92. The Hall–Kier alpha value is -1.91. The van der Waals surface area contributed by atoms with Crippen LogP contribution in [0.25, 0.3) is 0 Å². The lowest BCUT2D eigenvalue weighted by molar-refractivity contribution is -0.134. The van der Waals surface area contributed by atoms with Crippen LogP contribution in [0.15, 0.2) is 18.2 Å². The monoisotopic (exact) mass is 307 g/mol. The number of rotatable bonds is 6. The third kappa shape index (κ3) is 3.84. The maximum Gasteiger partial charge on any atom is 0.260 e. The molecule has 1 aromatic carbocycles. The first-order chi connectivity index (χ1) is 10.7. The molecular weight excluding hydrogens is 282 g/mol. The maximum absolute atomic E-state index is 12.3. The van der Waals surface area contributed by atoms with Gasteiger partial charge in [-0.2, -0.15) is 0 Å². The quantitative estimate of drug-likeness (QED) is 0.811. The maximum atomic E-state index is 12.3. The van der Waals surface area contributed by atoms with Gasteiger partial charge in [0, 0.05) is 13.1 Å². The molecule has 0 radical (unpaired) electrons. The molecule has 0 N–H and O–H groups in total. The number of benzene rings is 1. The summed E-state index contributed by atoms with van der Waals surface area (Å²) in [5, 5.41) is 0. The van der Waals surface area contributed by atoms with Crippen LogP contribution in [0.1, 0.15) is 32.1 Å². The Morgan fingerprint density at radius 1 is 1.14 bits per heavy atom. The third-order valence-corrected chi connectivity index (χ3v) is 4.24. The van der Waals surface area contributed by atoms with Crippen LogP contribution in [-0.4, -0.2) is 44.7 Å². The number of likely N-dealkylation sites (N-methyl/N-ethyl adjacent to an activating group) is 1. The van der Waals surface area contributed by atoms with Crippen LogP contribution < -0.4 is 14.2 Å². The zero-order chi connectivity index (χ0) is 15.9. The van der Waals surface area contributed by atoms with Crippen LogP contribution in [0.4, 0.5) is 0 Å². The molecule has 122 valence electrons. The fourth-order valence-corrected chi connectivity index (χ4v) is 2.87. The van der Waals surface area contributed by atoms with Crippen molar-refractivity contribution in [3.63, 3.8) is 0 Å². The van der Waals surface area contributed by atoms with E-state index in [1.165, 1.54) is 19.3 Å². The molecule has 5 nitrogen and oxygen atoms in total. The molecule has 0 atom stereocenters. The number of hydrogen-bond donors (Lipinski definition) is 0. The molecule has 22 heavy (non-hydrogen) atoms. The van der Waals surface area contributed by atoms with E-state index in [1.54, 1.807) is 26.4 Å². The number of amides is 1. The van der Waals surface area contributed by atoms with Crippen molar-refractivity contribution in [2.75, 3.05) is 27.9 Å². The van der Waals surface area contributed by atoms with Gasteiger partial charge in [0.15, 0.2) is 18.1 Å². The van der Waals surface area contributed by atoms with Gasteiger partial charge in [0.2, 0.25) is 5.75 Å². The second-order valence-electron chi connectivity index (χ2n) is 5.58. The Morgan fingerprint density at radius 2 is 1.73 bits per heavy atom. The summed E-state index contributed by atoms with van der Waals surface area (Å²) < 4.78 is 16.2. The van der Waals surface area contributed by atoms with Gasteiger partial charge in [-0.15, -0.1) is 0 Å². The summed E-state index contributed by atoms with van der Waals surface area (Å²) >= 11 is 0. The summed E-state index contributed by atoms with van der Waals surface area (Å²) in [5.41, 5.74) is 0. The Bertz CT molecular complexity index is 475. The van der Waals surface area contributed by atoms with Gasteiger partial charge < -0.3 is 19.1 Å². The van der Waals surface area contributed by atoms with E-state index < -0.39 is 0 Å². The Labute approximate surface area is 132 Å². The molecule has 0 unspecified atom stereocenters. The lowest BCUT2D eigenvalue weighted by atomic mass is 9.94. The van der Waals surface area contributed by atoms with E-state index in [0.29, 0.717) is 23.3 Å². The first kappa shape index (κ1) is 16.5. The Morgan fingerprint density at radius 3 is 2.27 bits per heavy atom. The minimum atomic E-state index is -0.0140. The summed E-state index contributed by atoms with van der Waals surface area (Å²) in [6.07, 6.45) is 5.83. The van der Waals surface area contributed by atoms with Crippen LogP contribution >= 0.6 is 0 Å². The van der Waals surface area contributed by atoms with Gasteiger partial charge >= 0.3 is 0 Å². The topological polar surface area (TPSA) is 48.0 Å². The molecule has 1 fully saturated rings. The van der Waals surface area contributed by atoms with Crippen LogP contribution in [-0.2, 0) is 4.79 Å². The summed E-state index contributed by atoms with van der Waals surface area (Å²) in [5.74, 6) is 1.58. The number of hydrogen-bond acceptors (Lipinski definition) is 4. The molecule has 1 aliphatic carbocycles. The molecule has 1 saturated carbocycles. The average molecular weight is 307 g/mol. The first-order valence-electron chi connectivity index (χ1n) is 7.76. The van der Waals surface area contributed by atoms with Crippen molar-refractivity contribution in [3.8, 4) is 17.2 Å². The van der Waals surface area contributed by atoms with Gasteiger partial charge in [-0.25, -0.2) is 0 Å². The number of para-hydroxylation sites is 1. The summed E-state index contributed by atoms with van der Waals surface area (Å²) in [7, 11) is 5.00. The highest BCUT2D eigenvalue weighted by atomic mass is 16.5. The molecule has 0 aliphatic heterocycles. The lowest BCUT2D eigenvalue weighted by Crippen LogP contribution is -2.40. The highest BCUT2D eigenvalue weighted by Crippen LogP contribution is 2.36. The molecule has 0 bridgehead atoms. The van der Waals surface area contributed by atoms with E-state index >= 15 is 0 Å². The van der Waals surface area contributed by atoms with Gasteiger partial charge in [0.05, 0.1) is 14.2 Å². The summed E-state index contributed by atoms with van der Waals surface area (Å²) in [6.45, 7) is -0.0102. The molecule has 0 aromatic heterocycles. The van der Waals surface area contributed by atoms with Crippen LogP contribution in [0, 0.1) is 0 Å². The van der Waals surface area contributed by atoms with E-state index in [-0.39, 0.29) is 12.5 Å². The molecular formula is C17H25NO4. The molecule has 0 heterocycles. The SMILES string of the molecule is COc1cccc(OC)c1OCC(=O)N(C)C1CCCCC1. The molecule has 2 rings (SSSR count). The molecule has 1 amide bonds. The van der Waals surface area contributed by atoms with E-state index in [0.717, 1.165) is 12.8 Å². The zero-order valence-corrected chi connectivity index (χ0v) is 13.6. The van der Waals surface area contributed by atoms with Gasteiger partial charge in [-0.3, -0.25) is 4.79 Å². The first-order valence-corrected chi connectivity index (χ1v) is 7.76. The normalized spacial score (nSPS) is 15.2. The van der Waals surface area contributed by atoms with Crippen molar-refractivity contribution in [3.05, 3.63) is 18.2 Å².